The van der Waals surface area contributed by atoms with Crippen LogP contribution in [-0.2, 0) is 9.47 Å². The van der Waals surface area contributed by atoms with Crippen molar-refractivity contribution in [1.29, 1.82) is 0 Å². The lowest BCUT2D eigenvalue weighted by Crippen LogP contribution is -2.13. The Morgan fingerprint density at radius 1 is 1.29 bits per heavy atom. The molecule has 2 heteroatoms. The van der Waals surface area contributed by atoms with Crippen molar-refractivity contribution in [3.63, 3.8) is 0 Å². The van der Waals surface area contributed by atoms with E-state index in [1.807, 2.05) is 0 Å². The smallest absolute Gasteiger partial charge is 0.107 e. The van der Waals surface area contributed by atoms with Crippen molar-refractivity contribution in [3.05, 3.63) is 0 Å². The first-order valence-electron chi connectivity index (χ1n) is 2.70. The molecule has 2 fully saturated rings. The fourth-order valence-corrected chi connectivity index (χ4v) is 0.979. The van der Waals surface area contributed by atoms with Crippen LogP contribution in [-0.4, -0.2) is 25.4 Å². The fourth-order valence-electron chi connectivity index (χ4n) is 0.979. The topological polar surface area (TPSA) is 21.8 Å². The summed E-state index contributed by atoms with van der Waals surface area (Å²) in [7, 11) is 0. The van der Waals surface area contributed by atoms with Gasteiger partial charge in [0.2, 0.25) is 0 Å². The van der Waals surface area contributed by atoms with Gasteiger partial charge in [0.15, 0.2) is 0 Å². The van der Waals surface area contributed by atoms with Crippen molar-refractivity contribution in [2.24, 2.45) is 0 Å². The summed E-state index contributed by atoms with van der Waals surface area (Å²) in [5.74, 6) is 0. The van der Waals surface area contributed by atoms with Crippen molar-refractivity contribution in [3.8, 4) is 0 Å². The molecule has 7 heavy (non-hydrogen) atoms. The number of epoxide rings is 1. The number of ether oxygens (including phenoxy) is 2. The molecule has 0 spiro atoms. The first-order chi connectivity index (χ1) is 3.47. The summed E-state index contributed by atoms with van der Waals surface area (Å²) in [4.78, 5) is 0. The first kappa shape index (κ1) is 3.87. The molecule has 0 radical (unpaired) electrons. The van der Waals surface area contributed by atoms with Gasteiger partial charge in [-0.2, -0.15) is 0 Å². The predicted molar refractivity (Wildman–Crippen MR) is 24.1 cm³/mol. The summed E-state index contributed by atoms with van der Waals surface area (Å²) >= 11 is 0. The van der Waals surface area contributed by atoms with Crippen molar-refractivity contribution < 1.29 is 9.47 Å². The Morgan fingerprint density at radius 2 is 2.29 bits per heavy atom. The molecular formula is C5H8O2. The molecule has 0 amide bonds. The van der Waals surface area contributed by atoms with E-state index in [0.29, 0.717) is 12.2 Å². The Hall–Kier alpha value is -0.0800. The molecule has 2 aliphatic rings. The Morgan fingerprint density at radius 3 is 2.86 bits per heavy atom. The Kier molecular flexibility index (Phi) is 0.664. The Labute approximate surface area is 42.4 Å². The van der Waals surface area contributed by atoms with Gasteiger partial charge >= 0.3 is 0 Å². The van der Waals surface area contributed by atoms with E-state index in [2.05, 4.69) is 0 Å². The van der Waals surface area contributed by atoms with E-state index in [1.54, 1.807) is 0 Å². The number of hydrogen-bond acceptors (Lipinski definition) is 2. The van der Waals surface area contributed by atoms with Crippen LogP contribution in [0.25, 0.3) is 0 Å². The summed E-state index contributed by atoms with van der Waals surface area (Å²) in [6.07, 6.45) is 2.17. The molecule has 0 N–H and O–H groups in total. The van der Waals surface area contributed by atoms with Crippen molar-refractivity contribution in [2.45, 2.75) is 18.6 Å². The summed E-state index contributed by atoms with van der Waals surface area (Å²) in [5, 5.41) is 0. The molecule has 2 saturated heterocycles. The molecule has 0 bridgehead atoms. The van der Waals surface area contributed by atoms with Crippen LogP contribution in [0.5, 0.6) is 0 Å². The number of rotatable bonds is 0. The van der Waals surface area contributed by atoms with E-state index in [4.69, 9.17) is 9.47 Å². The highest BCUT2D eigenvalue weighted by molar-refractivity contribution is 4.86. The van der Waals surface area contributed by atoms with Crippen LogP contribution in [0, 0.1) is 0 Å². The minimum atomic E-state index is 0.480. The molecule has 0 unspecified atom stereocenters. The van der Waals surface area contributed by atoms with Gasteiger partial charge in [-0.1, -0.05) is 0 Å². The van der Waals surface area contributed by atoms with Crippen LogP contribution < -0.4 is 0 Å². The predicted octanol–water partition coefficient (Wildman–Crippen LogP) is 0.174. The van der Waals surface area contributed by atoms with Crippen LogP contribution >= 0.6 is 0 Å². The van der Waals surface area contributed by atoms with Gasteiger partial charge in [-0.3, -0.25) is 0 Å². The average molecular weight is 100 g/mol. The normalized spacial score (nSPS) is 48.0. The van der Waals surface area contributed by atoms with E-state index in [9.17, 15) is 0 Å². The lowest BCUT2D eigenvalue weighted by molar-refractivity contribution is 0.111. The molecule has 0 aromatic carbocycles. The monoisotopic (exact) mass is 100 g/mol. The highest BCUT2D eigenvalue weighted by Gasteiger charge is 2.40. The molecule has 0 aromatic heterocycles. The molecule has 2 aliphatic heterocycles. The van der Waals surface area contributed by atoms with Gasteiger partial charge in [-0.05, 0) is 6.42 Å². The third-order valence-electron chi connectivity index (χ3n) is 1.52. The average Bonchev–Trinajstić information content (AvgIpc) is 2.41. The maximum absolute atomic E-state index is 5.15. The van der Waals surface area contributed by atoms with Gasteiger partial charge < -0.3 is 9.47 Å². The van der Waals surface area contributed by atoms with Crippen LogP contribution in [0.4, 0.5) is 0 Å². The molecule has 2 atom stereocenters. The fraction of sp³-hybridized carbons (Fsp3) is 1.00. The molecule has 40 valence electrons. The van der Waals surface area contributed by atoms with E-state index in [-0.39, 0.29) is 0 Å². The van der Waals surface area contributed by atoms with E-state index >= 15 is 0 Å². The maximum Gasteiger partial charge on any atom is 0.107 e. The summed E-state index contributed by atoms with van der Waals surface area (Å²) in [6, 6.07) is 0. The second-order valence-corrected chi connectivity index (χ2v) is 2.08. The summed E-state index contributed by atoms with van der Waals surface area (Å²) in [6.45, 7) is 1.74. The minimum absolute atomic E-state index is 0.480. The lowest BCUT2D eigenvalue weighted by atomic mass is 10.2. The highest BCUT2D eigenvalue weighted by atomic mass is 16.6. The van der Waals surface area contributed by atoms with Crippen molar-refractivity contribution in [2.75, 3.05) is 13.2 Å². The third-order valence-corrected chi connectivity index (χ3v) is 1.52. The minimum Gasteiger partial charge on any atom is -0.379 e. The molecule has 2 nitrogen and oxygen atoms in total. The van der Waals surface area contributed by atoms with E-state index in [0.717, 1.165) is 19.6 Å². The Balaban J connectivity index is 1.95. The number of fused-ring (bicyclic) bond motifs is 1. The molecular weight excluding hydrogens is 92.1 g/mol. The van der Waals surface area contributed by atoms with Gasteiger partial charge in [0.1, 0.15) is 6.10 Å². The highest BCUT2D eigenvalue weighted by Crippen LogP contribution is 2.28. The molecule has 0 aromatic rings. The van der Waals surface area contributed by atoms with Gasteiger partial charge in [0, 0.05) is 6.61 Å². The van der Waals surface area contributed by atoms with Gasteiger partial charge in [0.05, 0.1) is 12.7 Å². The van der Waals surface area contributed by atoms with Gasteiger partial charge in [-0.15, -0.1) is 0 Å². The third kappa shape index (κ3) is 0.545. The zero-order chi connectivity index (χ0) is 4.69. The molecule has 0 aliphatic carbocycles. The Bertz CT molecular complexity index is 72.1. The summed E-state index contributed by atoms with van der Waals surface area (Å²) < 4.78 is 10.3. The van der Waals surface area contributed by atoms with Gasteiger partial charge in [-0.25, -0.2) is 0 Å². The molecule has 2 heterocycles. The van der Waals surface area contributed by atoms with E-state index < -0.39 is 0 Å². The second-order valence-electron chi connectivity index (χ2n) is 2.08. The van der Waals surface area contributed by atoms with E-state index in [1.165, 1.54) is 0 Å². The van der Waals surface area contributed by atoms with Gasteiger partial charge in [0.25, 0.3) is 0 Å². The zero-order valence-corrected chi connectivity index (χ0v) is 4.09. The van der Waals surface area contributed by atoms with Crippen molar-refractivity contribution in [1.82, 2.24) is 0 Å². The zero-order valence-electron chi connectivity index (χ0n) is 4.09. The number of hydrogen-bond donors (Lipinski definition) is 0. The lowest BCUT2D eigenvalue weighted by Gasteiger charge is -2.03. The van der Waals surface area contributed by atoms with Crippen molar-refractivity contribution >= 4 is 0 Å². The van der Waals surface area contributed by atoms with Crippen LogP contribution in [0.1, 0.15) is 6.42 Å². The largest absolute Gasteiger partial charge is 0.379 e. The molecule has 2 rings (SSSR count). The molecule has 0 saturated carbocycles. The summed E-state index contributed by atoms with van der Waals surface area (Å²) in [5.41, 5.74) is 0. The SMILES string of the molecule is C1C[C@H]2O[C@@H]2CO1. The standard InChI is InChI=1S/C5H8O2/c1-2-6-3-5-4(1)7-5/h4-5H,1-3H2/t4-,5-/m1/s1. The first-order valence-corrected chi connectivity index (χ1v) is 2.70. The quantitative estimate of drug-likeness (QED) is 0.405. The second kappa shape index (κ2) is 1.20. The van der Waals surface area contributed by atoms with Crippen LogP contribution in [0.15, 0.2) is 0 Å². The maximum atomic E-state index is 5.15. The van der Waals surface area contributed by atoms with Crippen LogP contribution in [0.2, 0.25) is 0 Å². The van der Waals surface area contributed by atoms with Crippen LogP contribution in [0.3, 0.4) is 0 Å².